The normalized spacial score (nSPS) is 17.8. The number of benzene rings is 1. The Hall–Kier alpha value is -2.36. The zero-order valence-corrected chi connectivity index (χ0v) is 18.8. The Labute approximate surface area is 181 Å². The quantitative estimate of drug-likeness (QED) is 0.675. The summed E-state index contributed by atoms with van der Waals surface area (Å²) >= 11 is 1.38. The summed E-state index contributed by atoms with van der Waals surface area (Å²) in [5, 5.41) is 3.28. The van der Waals surface area contributed by atoms with Crippen LogP contribution < -0.4 is 11.1 Å². The van der Waals surface area contributed by atoms with Crippen LogP contribution in [0.25, 0.3) is 6.08 Å². The molecule has 1 saturated heterocycles. The SMILES string of the molecule is Cc1nc(N)sc1C=C(CNC(=O)OCc1ccccc1)B1OC(C)(C)C(C)(C)O1. The van der Waals surface area contributed by atoms with Gasteiger partial charge in [-0.3, -0.25) is 0 Å². The standard InChI is InChI=1S/C21H28BN3O4S/c1-14-17(30-18(23)25-14)11-16(22-28-20(2,3)21(4,5)29-22)12-24-19(26)27-13-15-9-7-6-8-10-15/h6-11H,12-13H2,1-5H3,(H2,23,25)(H,24,26). The van der Waals surface area contributed by atoms with Crippen LogP contribution >= 0.6 is 11.3 Å². The summed E-state index contributed by atoms with van der Waals surface area (Å²) < 4.78 is 17.7. The lowest BCUT2D eigenvalue weighted by atomic mass is 9.77. The topological polar surface area (TPSA) is 95.7 Å². The molecule has 0 spiro atoms. The third-order valence-corrected chi connectivity index (χ3v) is 6.30. The Morgan fingerprint density at radius 1 is 1.23 bits per heavy atom. The molecule has 1 fully saturated rings. The lowest BCUT2D eigenvalue weighted by Gasteiger charge is -2.32. The molecule has 0 saturated carbocycles. The summed E-state index contributed by atoms with van der Waals surface area (Å²) in [5.41, 5.74) is 7.35. The molecular formula is C21H28BN3O4S. The van der Waals surface area contributed by atoms with Crippen molar-refractivity contribution in [3.8, 4) is 0 Å². The van der Waals surface area contributed by atoms with E-state index >= 15 is 0 Å². The molecule has 0 bridgehead atoms. The van der Waals surface area contributed by atoms with E-state index in [1.54, 1.807) is 0 Å². The number of amides is 1. The third kappa shape index (κ3) is 5.22. The van der Waals surface area contributed by atoms with Gasteiger partial charge in [-0.25, -0.2) is 9.78 Å². The average Bonchev–Trinajstić information content (AvgIpc) is 3.10. The number of ether oxygens (including phenoxy) is 1. The molecule has 0 unspecified atom stereocenters. The van der Waals surface area contributed by atoms with Gasteiger partial charge in [-0.2, -0.15) is 0 Å². The number of carbonyl (C=O) groups excluding carboxylic acids is 1. The van der Waals surface area contributed by atoms with E-state index in [1.807, 2.05) is 71.0 Å². The summed E-state index contributed by atoms with van der Waals surface area (Å²) in [6.45, 7) is 10.3. The minimum Gasteiger partial charge on any atom is -0.445 e. The summed E-state index contributed by atoms with van der Waals surface area (Å²) in [4.78, 5) is 17.4. The third-order valence-electron chi connectivity index (χ3n) is 5.37. The van der Waals surface area contributed by atoms with Gasteiger partial charge in [0.15, 0.2) is 5.13 Å². The fourth-order valence-electron chi connectivity index (χ4n) is 2.88. The number of nitrogen functional groups attached to an aromatic ring is 1. The van der Waals surface area contributed by atoms with Gasteiger partial charge in [0.2, 0.25) is 0 Å². The molecule has 0 radical (unpaired) electrons. The van der Waals surface area contributed by atoms with Crippen LogP contribution in [-0.4, -0.2) is 35.9 Å². The Bertz CT molecular complexity index is 912. The number of hydrogen-bond donors (Lipinski definition) is 2. The highest BCUT2D eigenvalue weighted by atomic mass is 32.1. The van der Waals surface area contributed by atoms with Crippen LogP contribution in [0.15, 0.2) is 35.8 Å². The zero-order valence-electron chi connectivity index (χ0n) is 18.0. The predicted molar refractivity (Wildman–Crippen MR) is 120 cm³/mol. The van der Waals surface area contributed by atoms with Gasteiger partial charge < -0.3 is 25.1 Å². The number of rotatable bonds is 6. The molecule has 2 heterocycles. The Balaban J connectivity index is 1.72. The maximum atomic E-state index is 12.2. The first-order valence-electron chi connectivity index (χ1n) is 9.81. The van der Waals surface area contributed by atoms with Crippen molar-refractivity contribution in [3.05, 3.63) is 51.9 Å². The predicted octanol–water partition coefficient (Wildman–Crippen LogP) is 3.97. The van der Waals surface area contributed by atoms with Gasteiger partial charge in [0.25, 0.3) is 0 Å². The van der Waals surface area contributed by atoms with E-state index in [1.165, 1.54) is 11.3 Å². The van der Waals surface area contributed by atoms with Gasteiger partial charge in [0.1, 0.15) is 6.61 Å². The van der Waals surface area contributed by atoms with Crippen molar-refractivity contribution in [2.45, 2.75) is 52.4 Å². The highest BCUT2D eigenvalue weighted by Crippen LogP contribution is 2.39. The molecule has 1 amide bonds. The van der Waals surface area contributed by atoms with E-state index in [9.17, 15) is 4.79 Å². The van der Waals surface area contributed by atoms with E-state index in [4.69, 9.17) is 19.8 Å². The number of hydrogen-bond acceptors (Lipinski definition) is 7. The number of thiazole rings is 1. The first kappa shape index (κ1) is 22.3. The van der Waals surface area contributed by atoms with E-state index in [0.717, 1.165) is 21.6 Å². The molecule has 3 N–H and O–H groups in total. The summed E-state index contributed by atoms with van der Waals surface area (Å²) in [6.07, 6.45) is 1.41. The summed E-state index contributed by atoms with van der Waals surface area (Å²) in [7, 11) is -0.604. The van der Waals surface area contributed by atoms with Crippen LogP contribution in [0.2, 0.25) is 0 Å². The van der Waals surface area contributed by atoms with Crippen LogP contribution in [0.1, 0.15) is 43.8 Å². The summed E-state index contributed by atoms with van der Waals surface area (Å²) in [5.74, 6) is 0. The molecule has 9 heteroatoms. The number of nitrogens with zero attached hydrogens (tertiary/aromatic N) is 1. The smallest absolute Gasteiger partial charge is 0.445 e. The highest BCUT2D eigenvalue weighted by Gasteiger charge is 2.52. The van der Waals surface area contributed by atoms with Crippen LogP contribution in [0, 0.1) is 6.92 Å². The molecule has 160 valence electrons. The largest absolute Gasteiger partial charge is 0.492 e. The second-order valence-corrected chi connectivity index (χ2v) is 9.29. The highest BCUT2D eigenvalue weighted by molar-refractivity contribution is 7.16. The second kappa shape index (κ2) is 8.79. The second-order valence-electron chi connectivity index (χ2n) is 8.22. The fraction of sp³-hybridized carbons (Fsp3) is 0.429. The van der Waals surface area contributed by atoms with Crippen molar-refractivity contribution >= 4 is 35.8 Å². The molecule has 1 aliphatic rings. The number of aryl methyl sites for hydroxylation is 1. The van der Waals surface area contributed by atoms with Crippen molar-refractivity contribution in [2.24, 2.45) is 0 Å². The molecule has 3 rings (SSSR count). The van der Waals surface area contributed by atoms with Crippen molar-refractivity contribution < 1.29 is 18.8 Å². The van der Waals surface area contributed by atoms with Gasteiger partial charge in [-0.1, -0.05) is 41.7 Å². The van der Waals surface area contributed by atoms with Crippen LogP contribution in [0.5, 0.6) is 0 Å². The monoisotopic (exact) mass is 429 g/mol. The minimum atomic E-state index is -0.604. The molecule has 1 aromatic heterocycles. The van der Waals surface area contributed by atoms with E-state index < -0.39 is 24.4 Å². The molecule has 1 aromatic carbocycles. The van der Waals surface area contributed by atoms with Gasteiger partial charge in [0, 0.05) is 6.54 Å². The fourth-order valence-corrected chi connectivity index (χ4v) is 3.69. The van der Waals surface area contributed by atoms with Gasteiger partial charge in [0.05, 0.1) is 21.8 Å². The molecule has 7 nitrogen and oxygen atoms in total. The van der Waals surface area contributed by atoms with Crippen LogP contribution in [0.3, 0.4) is 0 Å². The average molecular weight is 429 g/mol. The molecule has 2 aromatic rings. The van der Waals surface area contributed by atoms with Crippen molar-refractivity contribution in [3.63, 3.8) is 0 Å². The summed E-state index contributed by atoms with van der Waals surface area (Å²) in [6, 6.07) is 9.52. The van der Waals surface area contributed by atoms with Crippen LogP contribution in [0.4, 0.5) is 9.93 Å². The Kier molecular flexibility index (Phi) is 6.54. The Morgan fingerprint density at radius 2 is 1.87 bits per heavy atom. The number of nitrogens with one attached hydrogen (secondary N) is 1. The maximum absolute atomic E-state index is 12.2. The number of nitrogens with two attached hydrogens (primary N) is 1. The number of aromatic nitrogens is 1. The van der Waals surface area contributed by atoms with Crippen LogP contribution in [-0.2, 0) is 20.7 Å². The number of carbonyl (C=O) groups is 1. The molecule has 30 heavy (non-hydrogen) atoms. The first-order chi connectivity index (χ1) is 14.1. The van der Waals surface area contributed by atoms with Gasteiger partial charge in [-0.15, -0.1) is 0 Å². The Morgan fingerprint density at radius 3 is 2.43 bits per heavy atom. The van der Waals surface area contributed by atoms with Gasteiger partial charge >= 0.3 is 13.2 Å². The maximum Gasteiger partial charge on any atom is 0.492 e. The van der Waals surface area contributed by atoms with Crippen molar-refractivity contribution in [1.82, 2.24) is 10.3 Å². The molecular weight excluding hydrogens is 401 g/mol. The lowest BCUT2D eigenvalue weighted by molar-refractivity contribution is 0.00578. The van der Waals surface area contributed by atoms with E-state index in [-0.39, 0.29) is 13.2 Å². The van der Waals surface area contributed by atoms with E-state index in [0.29, 0.717) is 5.13 Å². The van der Waals surface area contributed by atoms with Gasteiger partial charge in [-0.05, 0) is 51.7 Å². The van der Waals surface area contributed by atoms with Crippen molar-refractivity contribution in [2.75, 3.05) is 12.3 Å². The number of anilines is 1. The zero-order chi connectivity index (χ0) is 21.9. The number of alkyl carbamates (subject to hydrolysis) is 1. The molecule has 0 aliphatic carbocycles. The minimum absolute atomic E-state index is 0.201. The van der Waals surface area contributed by atoms with Crippen molar-refractivity contribution in [1.29, 1.82) is 0 Å². The molecule has 1 aliphatic heterocycles. The lowest BCUT2D eigenvalue weighted by Crippen LogP contribution is -2.41. The first-order valence-corrected chi connectivity index (χ1v) is 10.6. The van der Waals surface area contributed by atoms with E-state index in [2.05, 4.69) is 10.3 Å². The molecule has 0 atom stereocenters.